The van der Waals surface area contributed by atoms with Gasteiger partial charge in [0, 0.05) is 12.3 Å². The SMILES string of the molecule is CC(C)Oc1ccc(C(=O)O[C@H]2CC[C@H](C)C2)cn1. The molecule has 1 fully saturated rings. The predicted octanol–water partition coefficient (Wildman–Crippen LogP) is 3.21. The molecule has 4 nitrogen and oxygen atoms in total. The van der Waals surface area contributed by atoms with Gasteiger partial charge in [0.2, 0.25) is 5.88 Å². The largest absolute Gasteiger partial charge is 0.475 e. The second-order valence-electron chi connectivity index (χ2n) is 5.50. The highest BCUT2D eigenvalue weighted by atomic mass is 16.5. The molecule has 1 heterocycles. The minimum atomic E-state index is -0.289. The summed E-state index contributed by atoms with van der Waals surface area (Å²) < 4.78 is 10.9. The van der Waals surface area contributed by atoms with Crippen molar-refractivity contribution in [2.45, 2.75) is 52.2 Å². The molecule has 4 heteroatoms. The number of hydrogen-bond acceptors (Lipinski definition) is 4. The van der Waals surface area contributed by atoms with Crippen LogP contribution in [0.25, 0.3) is 0 Å². The van der Waals surface area contributed by atoms with Gasteiger partial charge in [-0.25, -0.2) is 9.78 Å². The molecule has 1 aliphatic carbocycles. The van der Waals surface area contributed by atoms with E-state index in [1.54, 1.807) is 12.1 Å². The van der Waals surface area contributed by atoms with Crippen molar-refractivity contribution >= 4 is 5.97 Å². The molecule has 1 aromatic heterocycles. The summed E-state index contributed by atoms with van der Waals surface area (Å²) in [7, 11) is 0. The van der Waals surface area contributed by atoms with Crippen molar-refractivity contribution < 1.29 is 14.3 Å². The molecule has 0 spiro atoms. The maximum Gasteiger partial charge on any atom is 0.339 e. The Balaban J connectivity index is 1.92. The molecule has 104 valence electrons. The van der Waals surface area contributed by atoms with Crippen LogP contribution in [-0.4, -0.2) is 23.2 Å². The predicted molar refractivity (Wildman–Crippen MR) is 72.2 cm³/mol. The molecule has 0 saturated heterocycles. The van der Waals surface area contributed by atoms with Crippen LogP contribution in [0.3, 0.4) is 0 Å². The van der Waals surface area contributed by atoms with E-state index in [0.29, 0.717) is 17.4 Å². The lowest BCUT2D eigenvalue weighted by molar-refractivity contribution is 0.0310. The summed E-state index contributed by atoms with van der Waals surface area (Å²) in [6, 6.07) is 3.40. The van der Waals surface area contributed by atoms with Crippen LogP contribution < -0.4 is 4.74 Å². The van der Waals surface area contributed by atoms with E-state index in [2.05, 4.69) is 11.9 Å². The van der Waals surface area contributed by atoms with Gasteiger partial charge in [-0.2, -0.15) is 0 Å². The smallest absolute Gasteiger partial charge is 0.339 e. The Morgan fingerprint density at radius 2 is 2.16 bits per heavy atom. The van der Waals surface area contributed by atoms with Crippen molar-refractivity contribution in [1.29, 1.82) is 0 Å². The average Bonchev–Trinajstić information content (AvgIpc) is 2.75. The van der Waals surface area contributed by atoms with Gasteiger partial charge in [-0.15, -0.1) is 0 Å². The summed E-state index contributed by atoms with van der Waals surface area (Å²) in [6.07, 6.45) is 4.72. The number of ether oxygens (including phenoxy) is 2. The minimum Gasteiger partial charge on any atom is -0.475 e. The lowest BCUT2D eigenvalue weighted by atomic mass is 10.1. The fourth-order valence-corrected chi connectivity index (χ4v) is 2.29. The molecule has 0 bridgehead atoms. The van der Waals surface area contributed by atoms with Crippen LogP contribution in [0.15, 0.2) is 18.3 Å². The molecule has 0 unspecified atom stereocenters. The Hall–Kier alpha value is -1.58. The standard InChI is InChI=1S/C15H21NO3/c1-10(2)18-14-7-5-12(9-16-14)15(17)19-13-6-4-11(3)8-13/h5,7,9-11,13H,4,6,8H2,1-3H3/t11-,13-/m0/s1. The van der Waals surface area contributed by atoms with Gasteiger partial charge < -0.3 is 9.47 Å². The second-order valence-corrected chi connectivity index (χ2v) is 5.50. The summed E-state index contributed by atoms with van der Waals surface area (Å²) in [4.78, 5) is 16.0. The zero-order chi connectivity index (χ0) is 13.8. The summed E-state index contributed by atoms with van der Waals surface area (Å²) in [5, 5.41) is 0. The number of hydrogen-bond donors (Lipinski definition) is 0. The summed E-state index contributed by atoms with van der Waals surface area (Å²) in [5.41, 5.74) is 0.482. The van der Waals surface area contributed by atoms with Crippen LogP contribution in [0.4, 0.5) is 0 Å². The van der Waals surface area contributed by atoms with E-state index >= 15 is 0 Å². The lowest BCUT2D eigenvalue weighted by Gasteiger charge is -2.12. The highest BCUT2D eigenvalue weighted by Gasteiger charge is 2.25. The van der Waals surface area contributed by atoms with Crippen LogP contribution in [0.2, 0.25) is 0 Å². The van der Waals surface area contributed by atoms with E-state index in [4.69, 9.17) is 9.47 Å². The van der Waals surface area contributed by atoms with Crippen LogP contribution in [0.1, 0.15) is 50.4 Å². The topological polar surface area (TPSA) is 48.4 Å². The third-order valence-corrected chi connectivity index (χ3v) is 3.25. The Morgan fingerprint density at radius 3 is 2.68 bits per heavy atom. The molecule has 0 aromatic carbocycles. The van der Waals surface area contributed by atoms with Gasteiger partial charge in [0.25, 0.3) is 0 Å². The summed E-state index contributed by atoms with van der Waals surface area (Å²) in [6.45, 7) is 6.06. The fourth-order valence-electron chi connectivity index (χ4n) is 2.29. The van der Waals surface area contributed by atoms with Gasteiger partial charge >= 0.3 is 5.97 Å². The van der Waals surface area contributed by atoms with E-state index in [-0.39, 0.29) is 18.2 Å². The Morgan fingerprint density at radius 1 is 1.37 bits per heavy atom. The molecule has 19 heavy (non-hydrogen) atoms. The zero-order valence-electron chi connectivity index (χ0n) is 11.8. The third kappa shape index (κ3) is 3.94. The first-order valence-corrected chi connectivity index (χ1v) is 6.88. The highest BCUT2D eigenvalue weighted by Crippen LogP contribution is 2.27. The first-order valence-electron chi connectivity index (χ1n) is 6.88. The normalized spacial score (nSPS) is 22.5. The number of carbonyl (C=O) groups is 1. The van der Waals surface area contributed by atoms with Gasteiger partial charge in [-0.3, -0.25) is 0 Å². The molecule has 0 amide bonds. The molecular formula is C15H21NO3. The van der Waals surface area contributed by atoms with Crippen LogP contribution in [-0.2, 0) is 4.74 Å². The van der Waals surface area contributed by atoms with Crippen LogP contribution >= 0.6 is 0 Å². The number of aromatic nitrogens is 1. The number of carbonyl (C=O) groups excluding carboxylic acids is 1. The average molecular weight is 263 g/mol. The van der Waals surface area contributed by atoms with E-state index in [9.17, 15) is 4.79 Å². The van der Waals surface area contributed by atoms with Gasteiger partial charge in [0.15, 0.2) is 0 Å². The number of esters is 1. The van der Waals surface area contributed by atoms with Gasteiger partial charge in [0.05, 0.1) is 11.7 Å². The number of rotatable bonds is 4. The monoisotopic (exact) mass is 263 g/mol. The van der Waals surface area contributed by atoms with Gasteiger partial charge in [0.1, 0.15) is 6.10 Å². The Kier molecular flexibility index (Phi) is 4.40. The third-order valence-electron chi connectivity index (χ3n) is 3.25. The zero-order valence-corrected chi connectivity index (χ0v) is 11.8. The van der Waals surface area contributed by atoms with Crippen LogP contribution in [0, 0.1) is 5.92 Å². The van der Waals surface area contributed by atoms with Gasteiger partial charge in [-0.05, 0) is 45.1 Å². The molecule has 1 aromatic rings. The second kappa shape index (κ2) is 6.04. The van der Waals surface area contributed by atoms with Crippen molar-refractivity contribution in [2.24, 2.45) is 5.92 Å². The van der Waals surface area contributed by atoms with Crippen molar-refractivity contribution in [3.63, 3.8) is 0 Å². The fraction of sp³-hybridized carbons (Fsp3) is 0.600. The molecule has 2 rings (SSSR count). The van der Waals surface area contributed by atoms with Crippen molar-refractivity contribution in [1.82, 2.24) is 4.98 Å². The maximum atomic E-state index is 11.9. The van der Waals surface area contributed by atoms with Crippen molar-refractivity contribution in [2.75, 3.05) is 0 Å². The van der Waals surface area contributed by atoms with E-state index in [1.165, 1.54) is 6.20 Å². The molecule has 0 radical (unpaired) electrons. The van der Waals surface area contributed by atoms with Crippen molar-refractivity contribution in [3.8, 4) is 5.88 Å². The summed E-state index contributed by atoms with van der Waals surface area (Å²) in [5.74, 6) is 0.890. The van der Waals surface area contributed by atoms with Crippen LogP contribution in [0.5, 0.6) is 5.88 Å². The molecule has 0 aliphatic heterocycles. The van der Waals surface area contributed by atoms with E-state index in [1.807, 2.05) is 13.8 Å². The van der Waals surface area contributed by atoms with E-state index < -0.39 is 0 Å². The molecule has 1 aliphatic rings. The molecule has 2 atom stereocenters. The molecule has 1 saturated carbocycles. The first-order chi connectivity index (χ1) is 9.04. The lowest BCUT2D eigenvalue weighted by Crippen LogP contribution is -2.15. The molecule has 0 N–H and O–H groups in total. The Labute approximate surface area is 114 Å². The maximum absolute atomic E-state index is 11.9. The van der Waals surface area contributed by atoms with Crippen molar-refractivity contribution in [3.05, 3.63) is 23.9 Å². The number of pyridine rings is 1. The Bertz CT molecular complexity index is 428. The molecular weight excluding hydrogens is 242 g/mol. The van der Waals surface area contributed by atoms with E-state index in [0.717, 1.165) is 19.3 Å². The number of nitrogens with zero attached hydrogens (tertiary/aromatic N) is 1. The quantitative estimate of drug-likeness (QED) is 0.783. The highest BCUT2D eigenvalue weighted by molar-refractivity contribution is 5.89. The summed E-state index contributed by atoms with van der Waals surface area (Å²) >= 11 is 0. The minimum absolute atomic E-state index is 0.0640. The van der Waals surface area contributed by atoms with Gasteiger partial charge in [-0.1, -0.05) is 6.92 Å². The first kappa shape index (κ1) is 13.8.